The Kier molecular flexibility index (Phi) is 5.69. The van der Waals surface area contributed by atoms with Crippen molar-refractivity contribution in [2.45, 2.75) is 19.0 Å². The van der Waals surface area contributed by atoms with E-state index < -0.39 is 12.1 Å². The Balaban J connectivity index is 2.34. The molecular weight excluding hydrogens is 233 g/mol. The van der Waals surface area contributed by atoms with Crippen LogP contribution >= 0.6 is 0 Å². The molecule has 3 nitrogen and oxygen atoms in total. The second-order valence-corrected chi connectivity index (χ2v) is 4.67. The molecule has 0 aromatic rings. The van der Waals surface area contributed by atoms with Gasteiger partial charge in [-0.3, -0.25) is 0 Å². The van der Waals surface area contributed by atoms with Gasteiger partial charge in [0.05, 0.1) is 5.92 Å². The number of methoxy groups -OCH3 is 1. The zero-order valence-corrected chi connectivity index (χ0v) is 10.2. The second-order valence-electron chi connectivity index (χ2n) is 4.67. The first-order valence-corrected chi connectivity index (χ1v) is 5.95. The Morgan fingerprint density at radius 1 is 1.35 bits per heavy atom. The van der Waals surface area contributed by atoms with Gasteiger partial charge < -0.3 is 15.4 Å². The van der Waals surface area contributed by atoms with Gasteiger partial charge >= 0.3 is 6.18 Å². The molecule has 1 unspecified atom stereocenters. The van der Waals surface area contributed by atoms with E-state index in [0.29, 0.717) is 25.6 Å². The summed E-state index contributed by atoms with van der Waals surface area (Å²) in [7, 11) is 1.65. The van der Waals surface area contributed by atoms with Crippen molar-refractivity contribution in [3.05, 3.63) is 0 Å². The third-order valence-electron chi connectivity index (χ3n) is 3.34. The van der Waals surface area contributed by atoms with Crippen LogP contribution in [0.2, 0.25) is 0 Å². The van der Waals surface area contributed by atoms with Crippen molar-refractivity contribution in [2.75, 3.05) is 39.9 Å². The lowest BCUT2D eigenvalue weighted by atomic mass is 9.96. The molecule has 0 spiro atoms. The summed E-state index contributed by atoms with van der Waals surface area (Å²) < 4.78 is 42.7. The van der Waals surface area contributed by atoms with Gasteiger partial charge in [0.15, 0.2) is 0 Å². The lowest BCUT2D eigenvalue weighted by Gasteiger charge is -2.34. The average molecular weight is 254 g/mol. The maximum Gasteiger partial charge on any atom is 0.394 e. The number of hydrogen-bond donors (Lipinski definition) is 1. The smallest absolute Gasteiger partial charge is 0.384 e. The first kappa shape index (κ1) is 14.7. The minimum Gasteiger partial charge on any atom is -0.384 e. The van der Waals surface area contributed by atoms with Gasteiger partial charge in [-0.15, -0.1) is 0 Å². The van der Waals surface area contributed by atoms with Crippen molar-refractivity contribution in [2.24, 2.45) is 17.6 Å². The third-order valence-corrected chi connectivity index (χ3v) is 3.34. The first-order valence-electron chi connectivity index (χ1n) is 5.95. The van der Waals surface area contributed by atoms with E-state index in [1.807, 2.05) is 4.90 Å². The monoisotopic (exact) mass is 254 g/mol. The highest BCUT2D eigenvalue weighted by molar-refractivity contribution is 4.77. The van der Waals surface area contributed by atoms with Crippen LogP contribution in [0.15, 0.2) is 0 Å². The Labute approximate surface area is 100 Å². The molecular formula is C11H21F3N2O. The molecule has 102 valence electrons. The molecule has 6 heteroatoms. The minimum absolute atomic E-state index is 0.0275. The van der Waals surface area contributed by atoms with Crippen molar-refractivity contribution in [3.63, 3.8) is 0 Å². The highest BCUT2D eigenvalue weighted by Crippen LogP contribution is 2.27. The maximum atomic E-state index is 12.5. The van der Waals surface area contributed by atoms with E-state index in [-0.39, 0.29) is 13.1 Å². The van der Waals surface area contributed by atoms with E-state index in [9.17, 15) is 13.2 Å². The molecule has 0 aliphatic carbocycles. The topological polar surface area (TPSA) is 38.5 Å². The fourth-order valence-electron chi connectivity index (χ4n) is 2.19. The van der Waals surface area contributed by atoms with Crippen molar-refractivity contribution in [1.82, 2.24) is 4.90 Å². The second kappa shape index (κ2) is 6.56. The molecule has 0 aromatic heterocycles. The summed E-state index contributed by atoms with van der Waals surface area (Å²) in [5.74, 6) is -0.917. The normalized spacial score (nSPS) is 21.7. The zero-order valence-electron chi connectivity index (χ0n) is 10.2. The SMILES string of the molecule is COCC1CCN(CC(CN)C(F)(F)F)CC1. The first-order chi connectivity index (χ1) is 7.97. The van der Waals surface area contributed by atoms with Gasteiger partial charge in [-0.2, -0.15) is 13.2 Å². The number of likely N-dealkylation sites (tertiary alicyclic amines) is 1. The summed E-state index contributed by atoms with van der Waals surface area (Å²) in [4.78, 5) is 1.86. The summed E-state index contributed by atoms with van der Waals surface area (Å²) in [6, 6.07) is 0. The number of rotatable bonds is 5. The summed E-state index contributed by atoms with van der Waals surface area (Å²) in [5, 5.41) is 0. The Morgan fingerprint density at radius 2 is 1.94 bits per heavy atom. The van der Waals surface area contributed by atoms with Crippen LogP contribution in [0.5, 0.6) is 0 Å². The molecule has 1 rings (SSSR count). The van der Waals surface area contributed by atoms with Crippen LogP contribution in [0.25, 0.3) is 0 Å². The predicted octanol–water partition coefficient (Wildman–Crippen LogP) is 1.48. The third kappa shape index (κ3) is 4.81. The molecule has 1 atom stereocenters. The van der Waals surface area contributed by atoms with Gasteiger partial charge in [-0.1, -0.05) is 0 Å². The Hall–Kier alpha value is -0.330. The highest BCUT2D eigenvalue weighted by Gasteiger charge is 2.39. The molecule has 0 bridgehead atoms. The van der Waals surface area contributed by atoms with Gasteiger partial charge in [0.2, 0.25) is 0 Å². The standard InChI is InChI=1S/C11H21F3N2O/c1-17-8-9-2-4-16(5-3-9)7-10(6-15)11(12,13)14/h9-10H,2-8,15H2,1H3. The molecule has 0 saturated carbocycles. The Bertz CT molecular complexity index is 215. The molecule has 1 heterocycles. The van der Waals surface area contributed by atoms with Crippen LogP contribution in [0, 0.1) is 11.8 Å². The van der Waals surface area contributed by atoms with E-state index in [0.717, 1.165) is 12.8 Å². The predicted molar refractivity (Wildman–Crippen MR) is 59.6 cm³/mol. The molecule has 2 N–H and O–H groups in total. The van der Waals surface area contributed by atoms with Crippen LogP contribution in [0.3, 0.4) is 0 Å². The van der Waals surface area contributed by atoms with E-state index in [4.69, 9.17) is 10.5 Å². The highest BCUT2D eigenvalue weighted by atomic mass is 19.4. The van der Waals surface area contributed by atoms with Gasteiger partial charge in [-0.25, -0.2) is 0 Å². The van der Waals surface area contributed by atoms with E-state index >= 15 is 0 Å². The number of nitrogens with two attached hydrogens (primary N) is 1. The molecule has 1 aliphatic heterocycles. The lowest BCUT2D eigenvalue weighted by molar-refractivity contribution is -0.177. The number of nitrogens with zero attached hydrogens (tertiary/aromatic N) is 1. The maximum absolute atomic E-state index is 12.5. The summed E-state index contributed by atoms with van der Waals surface area (Å²) >= 11 is 0. The molecule has 1 aliphatic rings. The number of ether oxygens (including phenoxy) is 1. The molecule has 0 aromatic carbocycles. The Morgan fingerprint density at radius 3 is 2.35 bits per heavy atom. The number of halogens is 3. The number of alkyl halides is 3. The lowest BCUT2D eigenvalue weighted by Crippen LogP contribution is -2.44. The molecule has 1 fully saturated rings. The van der Waals surface area contributed by atoms with Crippen LogP contribution in [0.4, 0.5) is 13.2 Å². The van der Waals surface area contributed by atoms with Crippen LogP contribution < -0.4 is 5.73 Å². The largest absolute Gasteiger partial charge is 0.394 e. The van der Waals surface area contributed by atoms with Crippen LogP contribution in [0.1, 0.15) is 12.8 Å². The van der Waals surface area contributed by atoms with E-state index in [2.05, 4.69) is 0 Å². The number of hydrogen-bond acceptors (Lipinski definition) is 3. The summed E-state index contributed by atoms with van der Waals surface area (Å²) in [6.07, 6.45) is -2.37. The molecule has 17 heavy (non-hydrogen) atoms. The fraction of sp³-hybridized carbons (Fsp3) is 1.00. The van der Waals surface area contributed by atoms with Crippen LogP contribution in [-0.2, 0) is 4.74 Å². The van der Waals surface area contributed by atoms with E-state index in [1.165, 1.54) is 0 Å². The minimum atomic E-state index is -4.18. The molecule has 0 radical (unpaired) electrons. The van der Waals surface area contributed by atoms with E-state index in [1.54, 1.807) is 7.11 Å². The quantitative estimate of drug-likeness (QED) is 0.807. The van der Waals surface area contributed by atoms with Gasteiger partial charge in [-0.05, 0) is 31.8 Å². The van der Waals surface area contributed by atoms with Crippen molar-refractivity contribution < 1.29 is 17.9 Å². The van der Waals surface area contributed by atoms with Crippen molar-refractivity contribution >= 4 is 0 Å². The molecule has 1 saturated heterocycles. The van der Waals surface area contributed by atoms with Crippen LogP contribution in [-0.4, -0.2) is 51.0 Å². The van der Waals surface area contributed by atoms with Crippen molar-refractivity contribution in [1.29, 1.82) is 0 Å². The summed E-state index contributed by atoms with van der Waals surface area (Å²) in [6.45, 7) is 1.82. The fourth-order valence-corrected chi connectivity index (χ4v) is 2.19. The van der Waals surface area contributed by atoms with Crippen molar-refractivity contribution in [3.8, 4) is 0 Å². The summed E-state index contributed by atoms with van der Waals surface area (Å²) in [5.41, 5.74) is 5.18. The average Bonchev–Trinajstić information content (AvgIpc) is 2.27. The zero-order chi connectivity index (χ0) is 12.9. The van der Waals surface area contributed by atoms with Gasteiger partial charge in [0.1, 0.15) is 0 Å². The van der Waals surface area contributed by atoms with Gasteiger partial charge in [0.25, 0.3) is 0 Å². The number of piperidine rings is 1. The van der Waals surface area contributed by atoms with Gasteiger partial charge in [0, 0.05) is 26.8 Å². The molecule has 0 amide bonds.